The van der Waals surface area contributed by atoms with Gasteiger partial charge in [0.05, 0.1) is 23.6 Å². The second-order valence-corrected chi connectivity index (χ2v) is 11.8. The van der Waals surface area contributed by atoms with Crippen molar-refractivity contribution in [2.24, 2.45) is 0 Å². The van der Waals surface area contributed by atoms with E-state index in [1.807, 2.05) is 4.90 Å². The maximum atomic E-state index is 13.3. The minimum absolute atomic E-state index is 0.0280. The van der Waals surface area contributed by atoms with Gasteiger partial charge in [0.2, 0.25) is 5.91 Å². The summed E-state index contributed by atoms with van der Waals surface area (Å²) in [6.07, 6.45) is 0.261. The number of nitrogens with zero attached hydrogens (tertiary/aromatic N) is 3. The summed E-state index contributed by atoms with van der Waals surface area (Å²) in [6.45, 7) is 3.74. The SMILES string of the molecule is O=C(CN1CCN(Cc2ccc(C(F)(F)F)cc2)CC1)N(C1CCCC1)C1CCS(=O)(=O)C1. The maximum Gasteiger partial charge on any atom is 0.416 e. The Morgan fingerprint density at radius 3 is 2.09 bits per heavy atom. The van der Waals surface area contributed by atoms with E-state index < -0.39 is 21.6 Å². The van der Waals surface area contributed by atoms with E-state index in [0.29, 0.717) is 32.6 Å². The normalized spacial score (nSPS) is 24.9. The van der Waals surface area contributed by atoms with Crippen molar-refractivity contribution < 1.29 is 26.4 Å². The van der Waals surface area contributed by atoms with E-state index in [0.717, 1.165) is 56.5 Å². The number of benzene rings is 1. The third kappa shape index (κ3) is 6.27. The zero-order valence-electron chi connectivity index (χ0n) is 18.8. The number of carbonyl (C=O) groups is 1. The van der Waals surface area contributed by atoms with Crippen molar-refractivity contribution in [2.45, 2.75) is 56.9 Å². The molecule has 2 heterocycles. The molecule has 1 amide bonds. The fourth-order valence-corrected chi connectivity index (χ4v) is 7.03. The van der Waals surface area contributed by atoms with Gasteiger partial charge >= 0.3 is 6.18 Å². The molecular weight excluding hydrogens is 455 g/mol. The van der Waals surface area contributed by atoms with Crippen molar-refractivity contribution in [1.82, 2.24) is 14.7 Å². The first-order chi connectivity index (χ1) is 15.6. The smallest absolute Gasteiger partial charge is 0.335 e. The number of piperazine rings is 1. The molecule has 3 aliphatic rings. The van der Waals surface area contributed by atoms with Crippen LogP contribution in [0.1, 0.15) is 43.2 Å². The number of halogens is 3. The van der Waals surface area contributed by atoms with Crippen LogP contribution in [0.15, 0.2) is 24.3 Å². The van der Waals surface area contributed by atoms with Gasteiger partial charge in [-0.2, -0.15) is 13.2 Å². The monoisotopic (exact) mass is 487 g/mol. The summed E-state index contributed by atoms with van der Waals surface area (Å²) < 4.78 is 62.3. The molecule has 2 aliphatic heterocycles. The number of hydrogen-bond donors (Lipinski definition) is 0. The molecule has 1 saturated carbocycles. The average Bonchev–Trinajstić information content (AvgIpc) is 3.39. The van der Waals surface area contributed by atoms with Gasteiger partial charge in [-0.15, -0.1) is 0 Å². The van der Waals surface area contributed by atoms with Crippen molar-refractivity contribution >= 4 is 15.7 Å². The van der Waals surface area contributed by atoms with Gasteiger partial charge in [0.15, 0.2) is 9.84 Å². The molecule has 0 aromatic heterocycles. The van der Waals surface area contributed by atoms with Crippen LogP contribution >= 0.6 is 0 Å². The fraction of sp³-hybridized carbons (Fsp3) is 0.696. The van der Waals surface area contributed by atoms with E-state index in [-0.39, 0.29) is 29.5 Å². The summed E-state index contributed by atoms with van der Waals surface area (Å²) in [4.78, 5) is 19.5. The van der Waals surface area contributed by atoms with Crippen LogP contribution in [0.2, 0.25) is 0 Å². The molecule has 0 N–H and O–H groups in total. The van der Waals surface area contributed by atoms with Crippen LogP contribution in [-0.4, -0.2) is 85.3 Å². The van der Waals surface area contributed by atoms with Crippen molar-refractivity contribution in [3.05, 3.63) is 35.4 Å². The Morgan fingerprint density at radius 2 is 1.55 bits per heavy atom. The Balaban J connectivity index is 1.29. The lowest BCUT2D eigenvalue weighted by atomic mass is 10.1. The van der Waals surface area contributed by atoms with Gasteiger partial charge in [0.25, 0.3) is 0 Å². The Labute approximate surface area is 193 Å². The number of rotatable bonds is 6. The van der Waals surface area contributed by atoms with Gasteiger partial charge in [-0.05, 0) is 37.0 Å². The second kappa shape index (κ2) is 9.92. The minimum atomic E-state index is -4.33. The van der Waals surface area contributed by atoms with Crippen LogP contribution in [0.25, 0.3) is 0 Å². The molecule has 0 radical (unpaired) electrons. The molecule has 3 fully saturated rings. The Hall–Kier alpha value is -1.65. The maximum absolute atomic E-state index is 13.3. The largest absolute Gasteiger partial charge is 0.416 e. The molecule has 0 bridgehead atoms. The molecule has 1 unspecified atom stereocenters. The highest BCUT2D eigenvalue weighted by molar-refractivity contribution is 7.91. The van der Waals surface area contributed by atoms with E-state index in [1.54, 1.807) is 0 Å². The Morgan fingerprint density at radius 1 is 0.939 bits per heavy atom. The third-order valence-electron chi connectivity index (χ3n) is 7.12. The second-order valence-electron chi connectivity index (χ2n) is 9.54. The van der Waals surface area contributed by atoms with Crippen molar-refractivity contribution in [3.8, 4) is 0 Å². The van der Waals surface area contributed by atoms with Crippen LogP contribution in [0.3, 0.4) is 0 Å². The predicted molar refractivity (Wildman–Crippen MR) is 119 cm³/mol. The lowest BCUT2D eigenvalue weighted by molar-refractivity contribution is -0.138. The Bertz CT molecular complexity index is 923. The summed E-state index contributed by atoms with van der Waals surface area (Å²) in [6, 6.07) is 5.22. The molecular formula is C23H32F3N3O3S. The van der Waals surface area contributed by atoms with E-state index in [4.69, 9.17) is 0 Å². The van der Waals surface area contributed by atoms with Crippen molar-refractivity contribution in [2.75, 3.05) is 44.2 Å². The standard InChI is InChI=1S/C23H32F3N3O3S/c24-23(25,26)19-7-5-18(6-8-19)15-27-10-12-28(13-11-27)16-22(30)29(20-3-1-2-4-20)21-9-14-33(31,32)17-21/h5-8,20-21H,1-4,9-17H2. The van der Waals surface area contributed by atoms with Gasteiger partial charge in [-0.1, -0.05) is 25.0 Å². The topological polar surface area (TPSA) is 60.9 Å². The van der Waals surface area contributed by atoms with E-state index in [9.17, 15) is 26.4 Å². The first-order valence-electron chi connectivity index (χ1n) is 11.7. The summed E-state index contributed by atoms with van der Waals surface area (Å²) in [5.74, 6) is 0.271. The molecule has 10 heteroatoms. The van der Waals surface area contributed by atoms with E-state index in [1.165, 1.54) is 12.1 Å². The van der Waals surface area contributed by atoms with Gasteiger partial charge in [-0.25, -0.2) is 8.42 Å². The highest BCUT2D eigenvalue weighted by atomic mass is 32.2. The van der Waals surface area contributed by atoms with Crippen LogP contribution in [0.4, 0.5) is 13.2 Å². The molecule has 0 spiro atoms. The third-order valence-corrected chi connectivity index (χ3v) is 8.87. The zero-order chi connectivity index (χ0) is 23.6. The summed E-state index contributed by atoms with van der Waals surface area (Å²) in [5, 5.41) is 0. The quantitative estimate of drug-likeness (QED) is 0.618. The first kappa shape index (κ1) is 24.5. The molecule has 1 aromatic carbocycles. The lowest BCUT2D eigenvalue weighted by Crippen LogP contribution is -2.53. The molecule has 1 atom stereocenters. The van der Waals surface area contributed by atoms with Crippen molar-refractivity contribution in [3.63, 3.8) is 0 Å². The molecule has 2 saturated heterocycles. The lowest BCUT2D eigenvalue weighted by Gasteiger charge is -2.38. The highest BCUT2D eigenvalue weighted by Gasteiger charge is 2.39. The molecule has 6 nitrogen and oxygen atoms in total. The molecule has 184 valence electrons. The Kier molecular flexibility index (Phi) is 7.35. The van der Waals surface area contributed by atoms with E-state index in [2.05, 4.69) is 9.80 Å². The molecule has 33 heavy (non-hydrogen) atoms. The number of sulfone groups is 1. The molecule has 1 aromatic rings. The summed E-state index contributed by atoms with van der Waals surface area (Å²) >= 11 is 0. The predicted octanol–water partition coefficient (Wildman–Crippen LogP) is 2.78. The van der Waals surface area contributed by atoms with Gasteiger partial charge in [0, 0.05) is 44.8 Å². The van der Waals surface area contributed by atoms with Gasteiger partial charge in [0.1, 0.15) is 0 Å². The van der Waals surface area contributed by atoms with Crippen molar-refractivity contribution in [1.29, 1.82) is 0 Å². The van der Waals surface area contributed by atoms with Crippen LogP contribution in [0, 0.1) is 0 Å². The number of alkyl halides is 3. The number of carbonyl (C=O) groups excluding carboxylic acids is 1. The van der Waals surface area contributed by atoms with Crippen LogP contribution < -0.4 is 0 Å². The number of hydrogen-bond acceptors (Lipinski definition) is 5. The highest BCUT2D eigenvalue weighted by Crippen LogP contribution is 2.30. The molecule has 1 aliphatic carbocycles. The zero-order valence-corrected chi connectivity index (χ0v) is 19.6. The van der Waals surface area contributed by atoms with Gasteiger partial charge in [-0.3, -0.25) is 14.6 Å². The minimum Gasteiger partial charge on any atom is -0.335 e. The fourth-order valence-electron chi connectivity index (χ4n) is 5.32. The summed E-state index contributed by atoms with van der Waals surface area (Å²) in [5.41, 5.74) is 0.193. The summed E-state index contributed by atoms with van der Waals surface area (Å²) in [7, 11) is -3.06. The van der Waals surface area contributed by atoms with E-state index >= 15 is 0 Å². The van der Waals surface area contributed by atoms with Crippen LogP contribution in [-0.2, 0) is 27.4 Å². The van der Waals surface area contributed by atoms with Crippen LogP contribution in [0.5, 0.6) is 0 Å². The van der Waals surface area contributed by atoms with Gasteiger partial charge < -0.3 is 4.90 Å². The average molecular weight is 488 g/mol. The number of amides is 1. The molecule has 4 rings (SSSR count). The first-order valence-corrected chi connectivity index (χ1v) is 13.6.